The molecule has 2 rings (SSSR count). The van der Waals surface area contributed by atoms with Crippen LogP contribution < -0.4 is 9.47 Å². The van der Waals surface area contributed by atoms with Crippen LogP contribution in [0.1, 0.15) is 128 Å². The van der Waals surface area contributed by atoms with Crippen molar-refractivity contribution in [2.75, 3.05) is 33.8 Å². The van der Waals surface area contributed by atoms with Gasteiger partial charge in [0, 0.05) is 11.1 Å². The van der Waals surface area contributed by atoms with Gasteiger partial charge in [-0.05, 0) is 94.7 Å². The molecule has 0 spiro atoms. The molecule has 1 aliphatic heterocycles. The third kappa shape index (κ3) is 12.8. The van der Waals surface area contributed by atoms with Crippen LogP contribution >= 0.6 is 0 Å². The Labute approximate surface area is 275 Å². The van der Waals surface area contributed by atoms with Gasteiger partial charge in [-0.25, -0.2) is 9.59 Å². The van der Waals surface area contributed by atoms with Crippen LogP contribution in [0.2, 0.25) is 0 Å². The third-order valence-corrected chi connectivity index (χ3v) is 9.89. The predicted octanol–water partition coefficient (Wildman–Crippen LogP) is 9.24. The number of carbonyl (C=O) groups excluding carboxylic acids is 2. The number of carbonyl (C=O) groups is 2. The maximum atomic E-state index is 13.1. The largest absolute Gasteiger partial charge is 0.487 e. The van der Waals surface area contributed by atoms with E-state index in [1.54, 1.807) is 6.92 Å². The quantitative estimate of drug-likeness (QED) is 0.0661. The van der Waals surface area contributed by atoms with Crippen LogP contribution in [-0.2, 0) is 20.7 Å². The second-order valence-corrected chi connectivity index (χ2v) is 15.6. The van der Waals surface area contributed by atoms with E-state index in [-0.39, 0.29) is 24.7 Å². The van der Waals surface area contributed by atoms with Gasteiger partial charge in [0.25, 0.3) is 0 Å². The van der Waals surface area contributed by atoms with Crippen molar-refractivity contribution in [2.45, 2.75) is 139 Å². The smallest absolute Gasteiger partial charge is 0.367 e. The summed E-state index contributed by atoms with van der Waals surface area (Å²) >= 11 is 0. The van der Waals surface area contributed by atoms with E-state index in [4.69, 9.17) is 14.2 Å². The monoisotopic (exact) mass is 628 g/mol. The summed E-state index contributed by atoms with van der Waals surface area (Å²) in [6.07, 6.45) is 13.5. The van der Waals surface area contributed by atoms with Crippen molar-refractivity contribution < 1.29 is 28.3 Å². The molecule has 0 bridgehead atoms. The molecule has 6 heteroatoms. The lowest BCUT2D eigenvalue weighted by molar-refractivity contribution is -0.883. The number of fused-ring (bicyclic) bond motifs is 1. The van der Waals surface area contributed by atoms with Gasteiger partial charge in [0.15, 0.2) is 6.54 Å². The van der Waals surface area contributed by atoms with E-state index < -0.39 is 5.97 Å². The SMILES string of the molecule is C=C(C)C(=O)OCC[N+](C)(C)CC(=O)Oc1c(C)c(C)c2c(c1C)CCC(C)(CCCC(C)CCCC(C)CCCC(C)C)O2. The zero-order valence-electron chi connectivity index (χ0n) is 30.8. The van der Waals surface area contributed by atoms with Crippen molar-refractivity contribution in [1.29, 1.82) is 0 Å². The van der Waals surface area contributed by atoms with E-state index in [1.807, 2.05) is 27.9 Å². The summed E-state index contributed by atoms with van der Waals surface area (Å²) in [5.74, 6) is 3.35. The average Bonchev–Trinajstić information content (AvgIpc) is 2.93. The highest BCUT2D eigenvalue weighted by molar-refractivity contribution is 5.86. The number of hydrogen-bond donors (Lipinski definition) is 0. The fraction of sp³-hybridized carbons (Fsp3) is 0.744. The van der Waals surface area contributed by atoms with Gasteiger partial charge in [-0.3, -0.25) is 0 Å². The molecule has 1 aromatic rings. The first-order valence-corrected chi connectivity index (χ1v) is 17.6. The van der Waals surface area contributed by atoms with E-state index in [2.05, 4.69) is 48.1 Å². The van der Waals surface area contributed by atoms with E-state index in [0.717, 1.165) is 65.0 Å². The Kier molecular flexibility index (Phi) is 15.1. The van der Waals surface area contributed by atoms with Crippen molar-refractivity contribution in [2.24, 2.45) is 17.8 Å². The van der Waals surface area contributed by atoms with E-state index >= 15 is 0 Å². The molecule has 1 heterocycles. The van der Waals surface area contributed by atoms with Gasteiger partial charge in [0.1, 0.15) is 30.3 Å². The highest BCUT2D eigenvalue weighted by Gasteiger charge is 2.35. The molecule has 0 aliphatic carbocycles. The molecule has 6 nitrogen and oxygen atoms in total. The molecule has 1 aromatic carbocycles. The predicted molar refractivity (Wildman–Crippen MR) is 186 cm³/mol. The van der Waals surface area contributed by atoms with E-state index in [9.17, 15) is 9.59 Å². The molecule has 0 saturated carbocycles. The number of ether oxygens (including phenoxy) is 3. The van der Waals surface area contributed by atoms with Crippen LogP contribution in [0, 0.1) is 38.5 Å². The van der Waals surface area contributed by atoms with Crippen LogP contribution in [0.25, 0.3) is 0 Å². The minimum absolute atomic E-state index is 0.171. The van der Waals surface area contributed by atoms with Gasteiger partial charge in [-0.15, -0.1) is 0 Å². The highest BCUT2D eigenvalue weighted by atomic mass is 16.5. The lowest BCUT2D eigenvalue weighted by atomic mass is 9.83. The molecule has 256 valence electrons. The molecule has 1 aliphatic rings. The fourth-order valence-corrected chi connectivity index (χ4v) is 6.50. The summed E-state index contributed by atoms with van der Waals surface area (Å²) in [7, 11) is 3.86. The number of rotatable bonds is 19. The van der Waals surface area contributed by atoms with E-state index in [1.165, 1.54) is 51.4 Å². The summed E-state index contributed by atoms with van der Waals surface area (Å²) in [6, 6.07) is 0. The molecular formula is C39H66NO5+. The number of nitrogens with zero attached hydrogens (tertiary/aromatic N) is 1. The molecule has 0 fully saturated rings. The molecule has 3 atom stereocenters. The minimum atomic E-state index is -0.412. The van der Waals surface area contributed by atoms with Crippen molar-refractivity contribution in [3.05, 3.63) is 34.4 Å². The zero-order chi connectivity index (χ0) is 33.9. The van der Waals surface area contributed by atoms with Gasteiger partial charge < -0.3 is 18.7 Å². The molecule has 0 N–H and O–H groups in total. The standard InChI is InChI=1S/C39H66NO5/c1-27(2)16-13-17-29(5)18-14-19-30(6)20-15-22-39(10)23-21-34-33(9)36(31(7)32(8)37(34)45-39)44-35(41)26-40(11,12)24-25-43-38(42)28(3)4/h27,29-30H,3,13-26H2,1-2,4-12H3/q+1. The third-order valence-electron chi connectivity index (χ3n) is 9.89. The number of likely N-dealkylation sites (N-methyl/N-ethyl adjacent to an activating group) is 1. The molecule has 0 saturated heterocycles. The number of esters is 2. The maximum Gasteiger partial charge on any atom is 0.367 e. The lowest BCUT2D eigenvalue weighted by Crippen LogP contribution is -2.47. The van der Waals surface area contributed by atoms with Crippen LogP contribution in [0.4, 0.5) is 0 Å². The zero-order valence-corrected chi connectivity index (χ0v) is 30.8. The second-order valence-electron chi connectivity index (χ2n) is 15.6. The van der Waals surface area contributed by atoms with Gasteiger partial charge >= 0.3 is 11.9 Å². The van der Waals surface area contributed by atoms with Crippen LogP contribution in [0.3, 0.4) is 0 Å². The maximum absolute atomic E-state index is 13.1. The summed E-state index contributed by atoms with van der Waals surface area (Å²) < 4.78 is 18.4. The molecule has 45 heavy (non-hydrogen) atoms. The van der Waals surface area contributed by atoms with Gasteiger partial charge in [-0.2, -0.15) is 0 Å². The summed E-state index contributed by atoms with van der Waals surface area (Å²) in [4.78, 5) is 24.8. The molecular weight excluding hydrogens is 562 g/mol. The van der Waals surface area contributed by atoms with Crippen molar-refractivity contribution in [1.82, 2.24) is 0 Å². The molecule has 3 unspecified atom stereocenters. The Morgan fingerprint density at radius 3 is 2.07 bits per heavy atom. The van der Waals surface area contributed by atoms with Crippen molar-refractivity contribution in [3.63, 3.8) is 0 Å². The van der Waals surface area contributed by atoms with Gasteiger partial charge in [0.05, 0.1) is 14.1 Å². The Hall–Kier alpha value is -2.34. The number of benzene rings is 1. The van der Waals surface area contributed by atoms with Crippen LogP contribution in [-0.4, -0.2) is 55.8 Å². The number of hydrogen-bond acceptors (Lipinski definition) is 5. The summed E-state index contributed by atoms with van der Waals surface area (Å²) in [6.45, 7) is 24.0. The molecule has 0 amide bonds. The Morgan fingerprint density at radius 2 is 1.49 bits per heavy atom. The first-order valence-electron chi connectivity index (χ1n) is 17.6. The fourth-order valence-electron chi connectivity index (χ4n) is 6.50. The Morgan fingerprint density at radius 1 is 0.911 bits per heavy atom. The highest BCUT2D eigenvalue weighted by Crippen LogP contribution is 2.45. The topological polar surface area (TPSA) is 61.8 Å². The second kappa shape index (κ2) is 17.5. The molecule has 0 radical (unpaired) electrons. The first-order chi connectivity index (χ1) is 20.9. The lowest BCUT2D eigenvalue weighted by Gasteiger charge is -2.38. The first kappa shape index (κ1) is 38.8. The van der Waals surface area contributed by atoms with Gasteiger partial charge in [0.2, 0.25) is 0 Å². The van der Waals surface area contributed by atoms with Crippen molar-refractivity contribution in [3.8, 4) is 11.5 Å². The molecule has 0 aromatic heterocycles. The number of quaternary nitrogens is 1. The normalized spacial score (nSPS) is 17.8. The van der Waals surface area contributed by atoms with Crippen LogP contribution in [0.15, 0.2) is 12.2 Å². The average molecular weight is 629 g/mol. The van der Waals surface area contributed by atoms with E-state index in [0.29, 0.717) is 22.4 Å². The Bertz CT molecular complexity index is 1150. The Balaban J connectivity index is 1.90. The van der Waals surface area contributed by atoms with Crippen molar-refractivity contribution >= 4 is 11.9 Å². The summed E-state index contributed by atoms with van der Waals surface area (Å²) in [5.41, 5.74) is 4.36. The minimum Gasteiger partial charge on any atom is -0.487 e. The summed E-state index contributed by atoms with van der Waals surface area (Å²) in [5, 5.41) is 0. The van der Waals surface area contributed by atoms with Gasteiger partial charge in [-0.1, -0.05) is 79.2 Å². The van der Waals surface area contributed by atoms with Crippen LogP contribution in [0.5, 0.6) is 11.5 Å².